The molecule has 1 amide bonds. The van der Waals surface area contributed by atoms with Crippen molar-refractivity contribution in [2.75, 3.05) is 39.1 Å². The molecule has 2 aliphatic rings. The van der Waals surface area contributed by atoms with Crippen LogP contribution in [0.3, 0.4) is 0 Å². The normalized spacial score (nSPS) is 21.3. The third-order valence-corrected chi connectivity index (χ3v) is 7.05. The number of hydrogen-bond acceptors (Lipinski definition) is 8. The first-order valence-electron chi connectivity index (χ1n) is 11.4. The van der Waals surface area contributed by atoms with Crippen LogP contribution in [-0.4, -0.2) is 87.0 Å². The van der Waals surface area contributed by atoms with Gasteiger partial charge in [-0.2, -0.15) is 0 Å². The number of ether oxygens (including phenoxy) is 3. The Balaban J connectivity index is 1.69. The highest BCUT2D eigenvalue weighted by Crippen LogP contribution is 2.36. The molecule has 2 N–H and O–H groups in total. The Labute approximate surface area is 200 Å². The van der Waals surface area contributed by atoms with Gasteiger partial charge >= 0.3 is 6.09 Å². The number of aliphatic hydroxyl groups is 1. The van der Waals surface area contributed by atoms with Gasteiger partial charge in [0.05, 0.1) is 24.8 Å². The quantitative estimate of drug-likeness (QED) is 0.583. The van der Waals surface area contributed by atoms with Gasteiger partial charge in [-0.3, -0.25) is 0 Å². The number of carbonyl (C=O) groups excluding carboxylic acids is 1. The molecule has 3 rings (SSSR count). The second-order valence-corrected chi connectivity index (χ2v) is 12.0. The highest BCUT2D eigenvalue weighted by molar-refractivity contribution is 7.90. The summed E-state index contributed by atoms with van der Waals surface area (Å²) >= 11 is 0. The maximum absolute atomic E-state index is 14.6. The SMILES string of the molecule is CC(C)(C)OC(=O)N(C[C@H](O)COc1cccc(S(C)(=O)=O)c1F)[C@@H]1COC2(CCNCC2)C1. The molecule has 0 saturated carbocycles. The monoisotopic (exact) mass is 502 g/mol. The van der Waals surface area contributed by atoms with E-state index in [1.54, 1.807) is 20.8 Å². The van der Waals surface area contributed by atoms with Crippen molar-refractivity contribution in [3.05, 3.63) is 24.0 Å². The van der Waals surface area contributed by atoms with Crippen molar-refractivity contribution in [2.24, 2.45) is 0 Å². The van der Waals surface area contributed by atoms with Gasteiger partial charge in [0.2, 0.25) is 0 Å². The molecule has 2 atom stereocenters. The van der Waals surface area contributed by atoms with Crippen molar-refractivity contribution in [1.29, 1.82) is 0 Å². The van der Waals surface area contributed by atoms with E-state index in [4.69, 9.17) is 14.2 Å². The van der Waals surface area contributed by atoms with E-state index < -0.39 is 38.3 Å². The zero-order valence-corrected chi connectivity index (χ0v) is 21.0. The van der Waals surface area contributed by atoms with Crippen LogP contribution in [0.4, 0.5) is 9.18 Å². The van der Waals surface area contributed by atoms with E-state index in [0.29, 0.717) is 13.0 Å². The zero-order valence-electron chi connectivity index (χ0n) is 20.2. The first kappa shape index (κ1) is 26.7. The molecular formula is C23H35FN2O7S. The van der Waals surface area contributed by atoms with Gasteiger partial charge in [0.15, 0.2) is 21.4 Å². The van der Waals surface area contributed by atoms with Gasteiger partial charge in [-0.25, -0.2) is 17.6 Å². The van der Waals surface area contributed by atoms with Crippen LogP contribution in [0, 0.1) is 5.82 Å². The minimum atomic E-state index is -3.77. The highest BCUT2D eigenvalue weighted by Gasteiger charge is 2.45. The molecule has 1 spiro atoms. The molecule has 0 unspecified atom stereocenters. The standard InChI is InChI=1S/C23H35FN2O7S/c1-22(2,3)33-21(28)26(16-12-23(32-14-16)8-10-25-11-9-23)13-17(27)15-31-18-6-5-7-19(20(18)24)34(4,29)30/h5-7,16-17,25,27H,8-15H2,1-4H3/t16-,17-/m0/s1. The van der Waals surface area contributed by atoms with Crippen molar-refractivity contribution in [3.8, 4) is 5.75 Å². The number of piperidine rings is 1. The summed E-state index contributed by atoms with van der Waals surface area (Å²) in [6, 6.07) is 3.51. The molecule has 2 saturated heterocycles. The fourth-order valence-electron chi connectivity index (χ4n) is 4.30. The first-order chi connectivity index (χ1) is 15.8. The number of carbonyl (C=O) groups is 1. The van der Waals surface area contributed by atoms with Gasteiger partial charge < -0.3 is 29.5 Å². The summed E-state index contributed by atoms with van der Waals surface area (Å²) in [6.45, 7) is 6.86. The summed E-state index contributed by atoms with van der Waals surface area (Å²) < 4.78 is 55.1. The lowest BCUT2D eigenvalue weighted by atomic mass is 9.88. The molecule has 2 aliphatic heterocycles. The van der Waals surface area contributed by atoms with Gasteiger partial charge in [0.25, 0.3) is 0 Å². The second-order valence-electron chi connectivity index (χ2n) is 10.0. The van der Waals surface area contributed by atoms with E-state index in [0.717, 1.165) is 38.3 Å². The van der Waals surface area contributed by atoms with Crippen LogP contribution in [0.5, 0.6) is 5.75 Å². The molecule has 2 fully saturated rings. The van der Waals surface area contributed by atoms with E-state index >= 15 is 0 Å². The summed E-state index contributed by atoms with van der Waals surface area (Å²) in [5.74, 6) is -1.30. The van der Waals surface area contributed by atoms with E-state index in [2.05, 4.69) is 5.32 Å². The largest absolute Gasteiger partial charge is 0.488 e. The summed E-state index contributed by atoms with van der Waals surface area (Å²) in [7, 11) is -3.77. The average molecular weight is 503 g/mol. The Bertz CT molecular complexity index is 974. The van der Waals surface area contributed by atoms with E-state index in [-0.39, 0.29) is 30.5 Å². The number of benzene rings is 1. The maximum atomic E-state index is 14.6. The Morgan fingerprint density at radius 2 is 2.03 bits per heavy atom. The molecule has 0 bridgehead atoms. The molecule has 0 aromatic heterocycles. The summed E-state index contributed by atoms with van der Waals surface area (Å²) in [4.78, 5) is 14.0. The number of hydrogen-bond donors (Lipinski definition) is 2. The van der Waals surface area contributed by atoms with Crippen LogP contribution in [0.15, 0.2) is 23.1 Å². The number of sulfone groups is 1. The zero-order chi connectivity index (χ0) is 25.1. The number of rotatable bonds is 7. The molecule has 11 heteroatoms. The van der Waals surface area contributed by atoms with E-state index in [1.807, 2.05) is 0 Å². The average Bonchev–Trinajstić information content (AvgIpc) is 3.12. The second kappa shape index (κ2) is 10.3. The van der Waals surface area contributed by atoms with Gasteiger partial charge in [0.1, 0.15) is 23.2 Å². The van der Waals surface area contributed by atoms with Crippen LogP contribution in [0.2, 0.25) is 0 Å². The van der Waals surface area contributed by atoms with Gasteiger partial charge in [-0.15, -0.1) is 0 Å². The molecule has 0 radical (unpaired) electrons. The van der Waals surface area contributed by atoms with Crippen molar-refractivity contribution in [1.82, 2.24) is 10.2 Å². The van der Waals surface area contributed by atoms with Crippen molar-refractivity contribution in [2.45, 2.75) is 68.3 Å². The molecule has 1 aromatic rings. The number of amides is 1. The summed E-state index contributed by atoms with van der Waals surface area (Å²) in [5.41, 5.74) is -1.02. The molecule has 34 heavy (non-hydrogen) atoms. The van der Waals surface area contributed by atoms with Crippen LogP contribution in [0.25, 0.3) is 0 Å². The Hall–Kier alpha value is -1.95. The van der Waals surface area contributed by atoms with Crippen molar-refractivity contribution in [3.63, 3.8) is 0 Å². The third-order valence-electron chi connectivity index (χ3n) is 5.94. The first-order valence-corrected chi connectivity index (χ1v) is 13.3. The van der Waals surface area contributed by atoms with Gasteiger partial charge in [-0.1, -0.05) is 6.07 Å². The summed E-state index contributed by atoms with van der Waals surface area (Å²) in [6.07, 6.45) is 1.48. The van der Waals surface area contributed by atoms with E-state index in [1.165, 1.54) is 17.0 Å². The van der Waals surface area contributed by atoms with Crippen LogP contribution < -0.4 is 10.1 Å². The van der Waals surface area contributed by atoms with Crippen molar-refractivity contribution >= 4 is 15.9 Å². The smallest absolute Gasteiger partial charge is 0.410 e. The lowest BCUT2D eigenvalue weighted by Gasteiger charge is -2.35. The van der Waals surface area contributed by atoms with E-state index in [9.17, 15) is 22.7 Å². The molecule has 9 nitrogen and oxygen atoms in total. The van der Waals surface area contributed by atoms with Crippen molar-refractivity contribution < 1.29 is 36.9 Å². The minimum Gasteiger partial charge on any atom is -0.488 e. The van der Waals surface area contributed by atoms with Crippen LogP contribution in [0.1, 0.15) is 40.0 Å². The summed E-state index contributed by atoms with van der Waals surface area (Å²) in [5, 5.41) is 14.0. The molecule has 2 heterocycles. The minimum absolute atomic E-state index is 0.106. The Morgan fingerprint density at radius 3 is 2.65 bits per heavy atom. The van der Waals surface area contributed by atoms with Gasteiger partial charge in [0, 0.05) is 6.26 Å². The topological polar surface area (TPSA) is 114 Å². The van der Waals surface area contributed by atoms with Crippen LogP contribution in [-0.2, 0) is 19.3 Å². The lowest BCUT2D eigenvalue weighted by Crippen LogP contribution is -2.49. The molecule has 0 aliphatic carbocycles. The number of nitrogens with one attached hydrogen (secondary N) is 1. The predicted octanol–water partition coefficient (Wildman–Crippen LogP) is 2.12. The third kappa shape index (κ3) is 6.80. The molecule has 192 valence electrons. The Kier molecular flexibility index (Phi) is 8.11. The Morgan fingerprint density at radius 1 is 1.35 bits per heavy atom. The number of aliphatic hydroxyl groups excluding tert-OH is 1. The fraction of sp³-hybridized carbons (Fsp3) is 0.696. The van der Waals surface area contributed by atoms with Crippen LogP contribution >= 0.6 is 0 Å². The molecular weight excluding hydrogens is 467 g/mol. The lowest BCUT2D eigenvalue weighted by molar-refractivity contribution is -0.0227. The predicted molar refractivity (Wildman–Crippen MR) is 123 cm³/mol. The highest BCUT2D eigenvalue weighted by atomic mass is 32.2. The fourth-order valence-corrected chi connectivity index (χ4v) is 5.05. The maximum Gasteiger partial charge on any atom is 0.410 e. The van der Waals surface area contributed by atoms with Gasteiger partial charge in [-0.05, 0) is 65.3 Å². The number of halogens is 1. The number of nitrogens with zero attached hydrogens (tertiary/aromatic N) is 1. The molecule has 1 aromatic carbocycles.